The van der Waals surface area contributed by atoms with Crippen LogP contribution in [0.3, 0.4) is 0 Å². The predicted octanol–water partition coefficient (Wildman–Crippen LogP) is 3.49. The van der Waals surface area contributed by atoms with Crippen LogP contribution in [0, 0.1) is 0 Å². The van der Waals surface area contributed by atoms with Crippen LogP contribution in [0.5, 0.6) is 6.01 Å². The number of aryl methyl sites for hydroxylation is 1. The third-order valence-corrected chi connectivity index (χ3v) is 5.75. The minimum atomic E-state index is 0.362. The molecule has 3 aromatic heterocycles. The first kappa shape index (κ1) is 22.3. The standard InChI is InChI=1S/C16H18N4O2.C9H10N2/c1-22-16-17-10-13(11-18-16)14-4-2-3-5-15(14)20-8-6-19(12-21)7-9-20;1-2-11-6-4-8-3-5-10-7-9(8)11/h2-5,10-12H,6-9H2,1H3;3-7H,2H2,1H3. The second-order valence-corrected chi connectivity index (χ2v) is 7.64. The normalized spacial score (nSPS) is 13.4. The van der Waals surface area contributed by atoms with E-state index in [4.69, 9.17) is 4.74 Å². The van der Waals surface area contributed by atoms with Gasteiger partial charge in [-0.1, -0.05) is 18.2 Å². The average Bonchev–Trinajstić information content (AvgIpc) is 3.32. The second-order valence-electron chi connectivity index (χ2n) is 7.64. The Hall–Kier alpha value is -3.94. The maximum Gasteiger partial charge on any atom is 0.316 e. The molecule has 0 bridgehead atoms. The van der Waals surface area contributed by atoms with Gasteiger partial charge < -0.3 is 19.1 Å². The van der Waals surface area contributed by atoms with E-state index >= 15 is 0 Å². The van der Waals surface area contributed by atoms with Crippen molar-refractivity contribution in [3.63, 3.8) is 0 Å². The summed E-state index contributed by atoms with van der Waals surface area (Å²) in [4.78, 5) is 27.4. The molecule has 0 aliphatic carbocycles. The minimum absolute atomic E-state index is 0.362. The van der Waals surface area contributed by atoms with Gasteiger partial charge in [-0.25, -0.2) is 9.97 Å². The number of anilines is 1. The predicted molar refractivity (Wildman–Crippen MR) is 129 cm³/mol. The molecule has 0 unspecified atom stereocenters. The van der Waals surface area contributed by atoms with Gasteiger partial charge in [-0.15, -0.1) is 0 Å². The zero-order valence-corrected chi connectivity index (χ0v) is 19.0. The number of carbonyl (C=O) groups is 1. The van der Waals surface area contributed by atoms with E-state index in [2.05, 4.69) is 55.7 Å². The van der Waals surface area contributed by atoms with Crippen molar-refractivity contribution in [2.24, 2.45) is 0 Å². The highest BCUT2D eigenvalue weighted by atomic mass is 16.5. The SMILES string of the molecule is CCn1ccc2ccncc21.COc1ncc(-c2ccccc2N2CCN(C=O)CC2)cn1. The molecule has 8 nitrogen and oxygen atoms in total. The average molecular weight is 445 g/mol. The fraction of sp³-hybridized carbons (Fsp3) is 0.280. The molecular formula is C25H28N6O2. The van der Waals surface area contributed by atoms with E-state index < -0.39 is 0 Å². The number of hydrogen-bond donors (Lipinski definition) is 0. The molecule has 1 fully saturated rings. The topological polar surface area (TPSA) is 76.4 Å². The van der Waals surface area contributed by atoms with Gasteiger partial charge >= 0.3 is 6.01 Å². The molecule has 4 aromatic rings. The van der Waals surface area contributed by atoms with Crippen LogP contribution in [0.2, 0.25) is 0 Å². The van der Waals surface area contributed by atoms with Crippen molar-refractivity contribution in [3.8, 4) is 17.1 Å². The molecule has 0 saturated carbocycles. The smallest absolute Gasteiger partial charge is 0.316 e. The molecule has 1 aliphatic heterocycles. The van der Waals surface area contributed by atoms with E-state index in [1.165, 1.54) is 10.9 Å². The zero-order chi connectivity index (χ0) is 23.0. The third-order valence-electron chi connectivity index (χ3n) is 5.75. The van der Waals surface area contributed by atoms with Gasteiger partial charge in [0.2, 0.25) is 6.41 Å². The van der Waals surface area contributed by atoms with Crippen molar-refractivity contribution in [2.75, 3.05) is 38.2 Å². The molecule has 0 spiro atoms. The van der Waals surface area contributed by atoms with Crippen LogP contribution in [0.4, 0.5) is 5.69 Å². The number of rotatable bonds is 5. The van der Waals surface area contributed by atoms with Crippen LogP contribution in [0.25, 0.3) is 22.0 Å². The number of methoxy groups -OCH3 is 1. The molecule has 8 heteroatoms. The summed E-state index contributed by atoms with van der Waals surface area (Å²) >= 11 is 0. The van der Waals surface area contributed by atoms with Crippen LogP contribution >= 0.6 is 0 Å². The summed E-state index contributed by atoms with van der Waals surface area (Å²) in [6, 6.07) is 12.7. The molecule has 0 radical (unpaired) electrons. The zero-order valence-electron chi connectivity index (χ0n) is 19.0. The van der Waals surface area contributed by atoms with Crippen molar-refractivity contribution >= 4 is 23.0 Å². The van der Waals surface area contributed by atoms with E-state index in [-0.39, 0.29) is 0 Å². The summed E-state index contributed by atoms with van der Waals surface area (Å²) in [7, 11) is 1.55. The number of hydrogen-bond acceptors (Lipinski definition) is 6. The minimum Gasteiger partial charge on any atom is -0.467 e. The van der Waals surface area contributed by atoms with Gasteiger partial charge in [-0.2, -0.15) is 0 Å². The Morgan fingerprint density at radius 1 is 1.00 bits per heavy atom. The number of ether oxygens (including phenoxy) is 1. The highest BCUT2D eigenvalue weighted by Gasteiger charge is 2.18. The van der Waals surface area contributed by atoms with Gasteiger partial charge in [0.1, 0.15) is 0 Å². The Balaban J connectivity index is 0.000000196. The molecule has 1 amide bonds. The lowest BCUT2D eigenvalue weighted by atomic mass is 10.1. The van der Waals surface area contributed by atoms with Crippen LogP contribution in [-0.4, -0.2) is 64.1 Å². The number of amides is 1. The second kappa shape index (κ2) is 10.6. The van der Waals surface area contributed by atoms with E-state index in [0.717, 1.165) is 55.9 Å². The van der Waals surface area contributed by atoms with Crippen LogP contribution < -0.4 is 9.64 Å². The highest BCUT2D eigenvalue weighted by Crippen LogP contribution is 2.30. The summed E-state index contributed by atoms with van der Waals surface area (Å²) in [6.07, 6.45) is 10.3. The molecule has 4 heterocycles. The van der Waals surface area contributed by atoms with Crippen LogP contribution in [0.1, 0.15) is 6.92 Å². The number of pyridine rings is 1. The third kappa shape index (κ3) is 5.11. The maximum atomic E-state index is 10.8. The Labute approximate surface area is 193 Å². The Kier molecular flexibility index (Phi) is 7.14. The number of aromatic nitrogens is 4. The summed E-state index contributed by atoms with van der Waals surface area (Å²) in [5.41, 5.74) is 4.40. The first-order valence-electron chi connectivity index (χ1n) is 11.0. The summed E-state index contributed by atoms with van der Waals surface area (Å²) in [5.74, 6) is 0. The van der Waals surface area contributed by atoms with Crippen molar-refractivity contribution in [1.29, 1.82) is 0 Å². The lowest BCUT2D eigenvalue weighted by molar-refractivity contribution is -0.118. The number of fused-ring (bicyclic) bond motifs is 1. The van der Waals surface area contributed by atoms with Crippen LogP contribution in [-0.2, 0) is 11.3 Å². The van der Waals surface area contributed by atoms with E-state index in [0.29, 0.717) is 6.01 Å². The summed E-state index contributed by atoms with van der Waals surface area (Å²) in [5, 5.41) is 1.27. The molecule has 170 valence electrons. The summed E-state index contributed by atoms with van der Waals surface area (Å²) in [6.45, 7) is 6.29. The van der Waals surface area contributed by atoms with Gasteiger partial charge in [0.15, 0.2) is 0 Å². The molecule has 33 heavy (non-hydrogen) atoms. The van der Waals surface area contributed by atoms with Gasteiger partial charge in [0.25, 0.3) is 0 Å². The maximum absolute atomic E-state index is 10.8. The van der Waals surface area contributed by atoms with Crippen molar-refractivity contribution in [2.45, 2.75) is 13.5 Å². The molecular weight excluding hydrogens is 416 g/mol. The monoisotopic (exact) mass is 444 g/mol. The Bertz CT molecular complexity index is 1180. The Morgan fingerprint density at radius 3 is 2.45 bits per heavy atom. The molecule has 1 aromatic carbocycles. The largest absolute Gasteiger partial charge is 0.467 e. The molecule has 1 aliphatic rings. The van der Waals surface area contributed by atoms with E-state index in [1.807, 2.05) is 30.6 Å². The van der Waals surface area contributed by atoms with Gasteiger partial charge in [0, 0.05) is 79.7 Å². The van der Waals surface area contributed by atoms with Gasteiger partial charge in [-0.05, 0) is 25.1 Å². The Morgan fingerprint density at radius 2 is 1.76 bits per heavy atom. The van der Waals surface area contributed by atoms with Gasteiger partial charge in [-0.3, -0.25) is 9.78 Å². The molecule has 1 saturated heterocycles. The van der Waals surface area contributed by atoms with E-state index in [1.54, 1.807) is 24.4 Å². The number of nitrogens with zero attached hydrogens (tertiary/aromatic N) is 6. The van der Waals surface area contributed by atoms with Crippen molar-refractivity contribution in [1.82, 2.24) is 24.4 Å². The highest BCUT2D eigenvalue weighted by molar-refractivity contribution is 5.79. The molecule has 0 atom stereocenters. The van der Waals surface area contributed by atoms with E-state index in [9.17, 15) is 4.79 Å². The molecule has 0 N–H and O–H groups in total. The summed E-state index contributed by atoms with van der Waals surface area (Å²) < 4.78 is 7.19. The number of benzene rings is 1. The number of para-hydroxylation sites is 1. The van der Waals surface area contributed by atoms with Crippen molar-refractivity contribution in [3.05, 3.63) is 67.4 Å². The number of carbonyl (C=O) groups excluding carboxylic acids is 1. The quantitative estimate of drug-likeness (QED) is 0.439. The first-order valence-corrected chi connectivity index (χ1v) is 11.0. The van der Waals surface area contributed by atoms with Crippen molar-refractivity contribution < 1.29 is 9.53 Å². The number of piperazine rings is 1. The van der Waals surface area contributed by atoms with Crippen LogP contribution in [0.15, 0.2) is 67.4 Å². The first-order chi connectivity index (χ1) is 16.2. The lowest BCUT2D eigenvalue weighted by Gasteiger charge is -2.35. The fourth-order valence-corrected chi connectivity index (χ4v) is 3.93. The fourth-order valence-electron chi connectivity index (χ4n) is 3.93. The molecule has 5 rings (SSSR count). The lowest BCUT2D eigenvalue weighted by Crippen LogP contribution is -2.45. The van der Waals surface area contributed by atoms with Gasteiger partial charge in [0.05, 0.1) is 18.8 Å².